The highest BCUT2D eigenvalue weighted by Crippen LogP contribution is 2.11. The van der Waals surface area contributed by atoms with E-state index in [1.807, 2.05) is 13.8 Å². The first kappa shape index (κ1) is 11.5. The lowest BCUT2D eigenvalue weighted by Crippen LogP contribution is -2.34. The number of carbonyl (C=O) groups excluding carboxylic acids is 1. The summed E-state index contributed by atoms with van der Waals surface area (Å²) in [5.41, 5.74) is 0. The van der Waals surface area contributed by atoms with Gasteiger partial charge in [-0.3, -0.25) is 4.79 Å². The fraction of sp³-hybridized carbons (Fsp3) is 0.364. The second-order valence-corrected chi connectivity index (χ2v) is 3.47. The number of benzene rings is 1. The Morgan fingerprint density at radius 3 is 2.87 bits per heavy atom. The molecule has 1 amide bonds. The number of carbonyl (C=O) groups is 1. The van der Waals surface area contributed by atoms with Crippen LogP contribution in [0.5, 0.6) is 5.75 Å². The third-order valence-electron chi connectivity index (χ3n) is 1.62. The van der Waals surface area contributed by atoms with E-state index in [2.05, 4.69) is 5.32 Å². The molecule has 0 atom stereocenters. The molecule has 0 bridgehead atoms. The van der Waals surface area contributed by atoms with Crippen LogP contribution in [-0.4, -0.2) is 18.6 Å². The second-order valence-electron chi connectivity index (χ2n) is 3.47. The van der Waals surface area contributed by atoms with Crippen LogP contribution < -0.4 is 10.1 Å². The van der Waals surface area contributed by atoms with E-state index in [9.17, 15) is 9.18 Å². The molecule has 1 aromatic carbocycles. The minimum Gasteiger partial charge on any atom is -0.484 e. The van der Waals surface area contributed by atoms with Crippen molar-refractivity contribution in [2.75, 3.05) is 6.61 Å². The molecule has 0 saturated carbocycles. The van der Waals surface area contributed by atoms with Crippen LogP contribution >= 0.6 is 0 Å². The van der Waals surface area contributed by atoms with Gasteiger partial charge in [-0.1, -0.05) is 6.07 Å². The summed E-state index contributed by atoms with van der Waals surface area (Å²) in [5, 5.41) is 2.67. The van der Waals surface area contributed by atoms with Crippen LogP contribution in [0.4, 0.5) is 4.39 Å². The third-order valence-corrected chi connectivity index (χ3v) is 1.62. The van der Waals surface area contributed by atoms with Gasteiger partial charge in [0.1, 0.15) is 11.6 Å². The summed E-state index contributed by atoms with van der Waals surface area (Å²) in [6, 6.07) is 5.77. The molecule has 1 aromatic rings. The van der Waals surface area contributed by atoms with Crippen LogP contribution in [0.1, 0.15) is 13.8 Å². The molecule has 1 rings (SSSR count). The maximum Gasteiger partial charge on any atom is 0.258 e. The molecular weight excluding hydrogens is 197 g/mol. The molecule has 0 radical (unpaired) electrons. The van der Waals surface area contributed by atoms with E-state index < -0.39 is 0 Å². The van der Waals surface area contributed by atoms with E-state index in [1.165, 1.54) is 18.2 Å². The molecule has 15 heavy (non-hydrogen) atoms. The van der Waals surface area contributed by atoms with E-state index in [1.54, 1.807) is 6.07 Å². The van der Waals surface area contributed by atoms with Crippen molar-refractivity contribution in [3.05, 3.63) is 30.1 Å². The molecule has 4 heteroatoms. The number of rotatable bonds is 4. The molecule has 0 aliphatic carbocycles. The van der Waals surface area contributed by atoms with Crippen molar-refractivity contribution >= 4 is 5.91 Å². The Kier molecular flexibility index (Phi) is 4.09. The Labute approximate surface area is 88.2 Å². The fourth-order valence-corrected chi connectivity index (χ4v) is 1.07. The number of hydrogen-bond acceptors (Lipinski definition) is 2. The van der Waals surface area contributed by atoms with Gasteiger partial charge in [-0.25, -0.2) is 4.39 Å². The van der Waals surface area contributed by atoms with Gasteiger partial charge >= 0.3 is 0 Å². The minimum absolute atomic E-state index is 0.0774. The summed E-state index contributed by atoms with van der Waals surface area (Å²) >= 11 is 0. The smallest absolute Gasteiger partial charge is 0.258 e. The van der Waals surface area contributed by atoms with Crippen molar-refractivity contribution in [3.63, 3.8) is 0 Å². The molecule has 82 valence electrons. The normalized spacial score (nSPS) is 10.1. The molecule has 0 aliphatic rings. The monoisotopic (exact) mass is 211 g/mol. The topological polar surface area (TPSA) is 38.3 Å². The molecular formula is C11H14FNO2. The highest BCUT2D eigenvalue weighted by molar-refractivity contribution is 5.77. The van der Waals surface area contributed by atoms with E-state index >= 15 is 0 Å². The van der Waals surface area contributed by atoms with E-state index in [4.69, 9.17) is 4.74 Å². The summed E-state index contributed by atoms with van der Waals surface area (Å²) in [6.07, 6.45) is 0. The van der Waals surface area contributed by atoms with Crippen molar-refractivity contribution in [3.8, 4) is 5.75 Å². The number of ether oxygens (including phenoxy) is 1. The van der Waals surface area contributed by atoms with Crippen LogP contribution in [0.25, 0.3) is 0 Å². The van der Waals surface area contributed by atoms with Crippen molar-refractivity contribution < 1.29 is 13.9 Å². The zero-order valence-corrected chi connectivity index (χ0v) is 8.79. The Morgan fingerprint density at radius 1 is 1.53 bits per heavy atom. The fourth-order valence-electron chi connectivity index (χ4n) is 1.07. The van der Waals surface area contributed by atoms with Gasteiger partial charge in [0.25, 0.3) is 5.91 Å². The Balaban J connectivity index is 2.40. The van der Waals surface area contributed by atoms with Crippen LogP contribution in [0.15, 0.2) is 24.3 Å². The zero-order chi connectivity index (χ0) is 11.3. The molecule has 3 nitrogen and oxygen atoms in total. The highest BCUT2D eigenvalue weighted by Gasteiger charge is 2.04. The lowest BCUT2D eigenvalue weighted by molar-refractivity contribution is -0.123. The second kappa shape index (κ2) is 5.34. The summed E-state index contributed by atoms with van der Waals surface area (Å²) in [5.74, 6) is -0.236. The van der Waals surface area contributed by atoms with E-state index in [-0.39, 0.29) is 24.4 Å². The molecule has 1 N–H and O–H groups in total. The number of hydrogen-bond donors (Lipinski definition) is 1. The average molecular weight is 211 g/mol. The molecule has 0 spiro atoms. The van der Waals surface area contributed by atoms with Crippen molar-refractivity contribution in [2.24, 2.45) is 0 Å². The first-order valence-corrected chi connectivity index (χ1v) is 4.75. The SMILES string of the molecule is CC(C)NC(=O)COc1cccc(F)c1. The van der Waals surface area contributed by atoms with Crippen molar-refractivity contribution in [1.82, 2.24) is 5.32 Å². The van der Waals surface area contributed by atoms with E-state index in [0.717, 1.165) is 0 Å². The van der Waals surface area contributed by atoms with E-state index in [0.29, 0.717) is 5.75 Å². The third kappa shape index (κ3) is 4.44. The van der Waals surface area contributed by atoms with Gasteiger partial charge < -0.3 is 10.1 Å². The largest absolute Gasteiger partial charge is 0.484 e. The maximum atomic E-state index is 12.7. The van der Waals surface area contributed by atoms with Crippen LogP contribution in [0, 0.1) is 5.82 Å². The molecule has 0 aliphatic heterocycles. The number of halogens is 1. The maximum absolute atomic E-state index is 12.7. The first-order chi connectivity index (χ1) is 7.08. The standard InChI is InChI=1S/C11H14FNO2/c1-8(2)13-11(14)7-15-10-5-3-4-9(12)6-10/h3-6,8H,7H2,1-2H3,(H,13,14). The summed E-state index contributed by atoms with van der Waals surface area (Å²) < 4.78 is 17.8. The molecule has 0 unspecified atom stereocenters. The zero-order valence-electron chi connectivity index (χ0n) is 8.79. The molecule has 0 aromatic heterocycles. The van der Waals surface area contributed by atoms with Crippen LogP contribution in [0.3, 0.4) is 0 Å². The Hall–Kier alpha value is -1.58. The Bertz CT molecular complexity index is 339. The van der Waals surface area contributed by atoms with Crippen molar-refractivity contribution in [1.29, 1.82) is 0 Å². The average Bonchev–Trinajstić information content (AvgIpc) is 2.14. The van der Waals surface area contributed by atoms with Crippen molar-refractivity contribution in [2.45, 2.75) is 19.9 Å². The minimum atomic E-state index is -0.378. The van der Waals surface area contributed by atoms with Gasteiger partial charge in [0.15, 0.2) is 6.61 Å². The summed E-state index contributed by atoms with van der Waals surface area (Å²) in [7, 11) is 0. The number of nitrogens with one attached hydrogen (secondary N) is 1. The summed E-state index contributed by atoms with van der Waals surface area (Å²) in [4.78, 5) is 11.2. The van der Waals surface area contributed by atoms with Gasteiger partial charge in [-0.2, -0.15) is 0 Å². The van der Waals surface area contributed by atoms with Crippen LogP contribution in [-0.2, 0) is 4.79 Å². The summed E-state index contributed by atoms with van der Waals surface area (Å²) in [6.45, 7) is 3.63. The van der Waals surface area contributed by atoms with Gasteiger partial charge in [0.05, 0.1) is 0 Å². The lowest BCUT2D eigenvalue weighted by Gasteiger charge is -2.09. The van der Waals surface area contributed by atoms with Gasteiger partial charge in [0.2, 0.25) is 0 Å². The quantitative estimate of drug-likeness (QED) is 0.823. The van der Waals surface area contributed by atoms with Gasteiger partial charge in [0, 0.05) is 12.1 Å². The predicted octanol–water partition coefficient (Wildman–Crippen LogP) is 1.73. The highest BCUT2D eigenvalue weighted by atomic mass is 19.1. The molecule has 0 fully saturated rings. The lowest BCUT2D eigenvalue weighted by atomic mass is 10.3. The number of amides is 1. The van der Waals surface area contributed by atoms with Gasteiger partial charge in [-0.05, 0) is 26.0 Å². The molecule has 0 saturated heterocycles. The molecule has 0 heterocycles. The predicted molar refractivity (Wildman–Crippen MR) is 55.2 cm³/mol. The first-order valence-electron chi connectivity index (χ1n) is 4.75. The van der Waals surface area contributed by atoms with Crippen LogP contribution in [0.2, 0.25) is 0 Å². The van der Waals surface area contributed by atoms with Gasteiger partial charge in [-0.15, -0.1) is 0 Å². The Morgan fingerprint density at radius 2 is 2.27 bits per heavy atom.